The lowest BCUT2D eigenvalue weighted by Gasteiger charge is -2.39. The summed E-state index contributed by atoms with van der Waals surface area (Å²) >= 11 is 0. The number of rotatable bonds is 7. The highest BCUT2D eigenvalue weighted by molar-refractivity contribution is 5.64. The van der Waals surface area contributed by atoms with Crippen molar-refractivity contribution in [1.82, 2.24) is 19.8 Å². The van der Waals surface area contributed by atoms with Gasteiger partial charge in [0.25, 0.3) is 0 Å². The quantitative estimate of drug-likeness (QED) is 0.413. The lowest BCUT2D eigenvalue weighted by molar-refractivity contribution is 0.104. The molecule has 34 heavy (non-hydrogen) atoms. The summed E-state index contributed by atoms with van der Waals surface area (Å²) in [5.74, 6) is 1.71. The molecule has 5 heteroatoms. The van der Waals surface area contributed by atoms with Gasteiger partial charge in [0, 0.05) is 38.4 Å². The summed E-state index contributed by atoms with van der Waals surface area (Å²) in [6.07, 6.45) is 0. The van der Waals surface area contributed by atoms with E-state index >= 15 is 0 Å². The maximum Gasteiger partial charge on any atom is 0.141 e. The molecular formula is C29H32N4O. The molecule has 1 saturated heterocycles. The molecule has 0 bridgehead atoms. The Hall–Kier alpha value is -3.41. The smallest absolute Gasteiger partial charge is 0.141 e. The van der Waals surface area contributed by atoms with E-state index in [1.54, 1.807) is 7.11 Å². The molecule has 0 atom stereocenters. The van der Waals surface area contributed by atoms with Crippen molar-refractivity contribution in [3.63, 3.8) is 0 Å². The minimum absolute atomic E-state index is 0.286. The van der Waals surface area contributed by atoms with Gasteiger partial charge in [0.1, 0.15) is 11.6 Å². The van der Waals surface area contributed by atoms with Crippen LogP contribution >= 0.6 is 0 Å². The van der Waals surface area contributed by atoms with E-state index in [9.17, 15) is 0 Å². The lowest BCUT2D eigenvalue weighted by atomic mass is 9.96. The Morgan fingerprint density at radius 3 is 2.03 bits per heavy atom. The topological polar surface area (TPSA) is 44.4 Å². The van der Waals surface area contributed by atoms with Crippen LogP contribution in [0, 0.1) is 6.92 Å². The Bertz CT molecular complexity index is 1160. The Labute approximate surface area is 202 Å². The van der Waals surface area contributed by atoms with Crippen molar-refractivity contribution in [3.8, 4) is 17.1 Å². The highest BCUT2D eigenvalue weighted by Gasteiger charge is 2.27. The highest BCUT2D eigenvalue weighted by Crippen LogP contribution is 2.31. The van der Waals surface area contributed by atoms with Gasteiger partial charge < -0.3 is 9.72 Å². The first-order valence-corrected chi connectivity index (χ1v) is 12.0. The average Bonchev–Trinajstić information content (AvgIpc) is 3.26. The molecule has 0 amide bonds. The summed E-state index contributed by atoms with van der Waals surface area (Å²) in [5, 5.41) is 0. The van der Waals surface area contributed by atoms with Gasteiger partial charge in [-0.2, -0.15) is 0 Å². The first kappa shape index (κ1) is 22.4. The van der Waals surface area contributed by atoms with Crippen LogP contribution in [-0.4, -0.2) is 53.1 Å². The number of hydrogen-bond acceptors (Lipinski definition) is 4. The highest BCUT2D eigenvalue weighted by atomic mass is 16.5. The first-order valence-electron chi connectivity index (χ1n) is 12.0. The number of aromatic amines is 1. The van der Waals surface area contributed by atoms with Crippen molar-refractivity contribution in [2.75, 3.05) is 33.3 Å². The van der Waals surface area contributed by atoms with Crippen LogP contribution in [-0.2, 0) is 6.54 Å². The van der Waals surface area contributed by atoms with Gasteiger partial charge in [0.05, 0.1) is 24.4 Å². The first-order chi connectivity index (χ1) is 16.7. The second-order valence-electron chi connectivity index (χ2n) is 8.89. The van der Waals surface area contributed by atoms with Crippen molar-refractivity contribution in [2.45, 2.75) is 19.5 Å². The Kier molecular flexibility index (Phi) is 6.74. The van der Waals surface area contributed by atoms with Crippen LogP contribution in [0.2, 0.25) is 0 Å². The molecule has 1 aromatic heterocycles. The van der Waals surface area contributed by atoms with Crippen molar-refractivity contribution in [3.05, 3.63) is 107 Å². The summed E-state index contributed by atoms with van der Waals surface area (Å²) in [6, 6.07) is 30.0. The number of para-hydroxylation sites is 1. The summed E-state index contributed by atoms with van der Waals surface area (Å²) in [4.78, 5) is 13.5. The molecule has 0 aliphatic carbocycles. The van der Waals surface area contributed by atoms with Crippen LogP contribution in [0.5, 0.6) is 5.75 Å². The normalized spacial score (nSPS) is 15.0. The zero-order valence-electron chi connectivity index (χ0n) is 19.9. The van der Waals surface area contributed by atoms with Crippen molar-refractivity contribution < 1.29 is 4.74 Å². The van der Waals surface area contributed by atoms with Gasteiger partial charge in [-0.25, -0.2) is 4.98 Å². The molecule has 174 valence electrons. The van der Waals surface area contributed by atoms with E-state index in [1.165, 1.54) is 11.1 Å². The third-order valence-electron chi connectivity index (χ3n) is 6.72. The van der Waals surface area contributed by atoms with E-state index in [4.69, 9.17) is 9.72 Å². The molecule has 0 unspecified atom stereocenters. The number of nitrogens with zero attached hydrogens (tertiary/aromatic N) is 3. The van der Waals surface area contributed by atoms with E-state index in [-0.39, 0.29) is 6.04 Å². The molecule has 0 spiro atoms. The fourth-order valence-corrected chi connectivity index (χ4v) is 4.89. The lowest BCUT2D eigenvalue weighted by Crippen LogP contribution is -2.47. The molecule has 5 rings (SSSR count). The number of piperazine rings is 1. The molecule has 3 aromatic carbocycles. The van der Waals surface area contributed by atoms with E-state index in [0.717, 1.165) is 61.2 Å². The maximum absolute atomic E-state index is 5.53. The summed E-state index contributed by atoms with van der Waals surface area (Å²) < 4.78 is 5.53. The van der Waals surface area contributed by atoms with Crippen LogP contribution in [0.25, 0.3) is 11.4 Å². The molecule has 5 nitrogen and oxygen atoms in total. The molecule has 1 aliphatic rings. The average molecular weight is 453 g/mol. The molecule has 1 fully saturated rings. The van der Waals surface area contributed by atoms with E-state index in [2.05, 4.69) is 82.4 Å². The maximum atomic E-state index is 5.53. The van der Waals surface area contributed by atoms with Gasteiger partial charge in [-0.1, -0.05) is 72.8 Å². The van der Waals surface area contributed by atoms with E-state index < -0.39 is 0 Å². The predicted molar refractivity (Wildman–Crippen MR) is 137 cm³/mol. The Morgan fingerprint density at radius 1 is 0.824 bits per heavy atom. The predicted octanol–water partition coefficient (Wildman–Crippen LogP) is 5.30. The van der Waals surface area contributed by atoms with Gasteiger partial charge in [0.2, 0.25) is 0 Å². The van der Waals surface area contributed by atoms with Gasteiger partial charge in [0.15, 0.2) is 0 Å². The number of benzene rings is 3. The number of nitrogens with one attached hydrogen (secondary N) is 1. The van der Waals surface area contributed by atoms with Crippen LogP contribution in [0.15, 0.2) is 84.9 Å². The minimum atomic E-state index is 0.286. The van der Waals surface area contributed by atoms with E-state index in [1.807, 2.05) is 24.3 Å². The minimum Gasteiger partial charge on any atom is -0.496 e. The second kappa shape index (κ2) is 10.2. The summed E-state index contributed by atoms with van der Waals surface area (Å²) in [6.45, 7) is 7.05. The van der Waals surface area contributed by atoms with Crippen molar-refractivity contribution >= 4 is 0 Å². The SMILES string of the molecule is COc1ccccc1-c1nc(CN2CCN(C(c3ccccc3)c3ccccc3)CC2)c(C)[nH]1. The number of H-pyrrole nitrogens is 1. The number of hydrogen-bond donors (Lipinski definition) is 1. The van der Waals surface area contributed by atoms with Crippen molar-refractivity contribution in [1.29, 1.82) is 0 Å². The molecule has 1 aliphatic heterocycles. The second-order valence-corrected chi connectivity index (χ2v) is 8.89. The molecule has 2 heterocycles. The molecule has 4 aromatic rings. The zero-order valence-corrected chi connectivity index (χ0v) is 19.9. The van der Waals surface area contributed by atoms with Crippen molar-refractivity contribution in [2.24, 2.45) is 0 Å². The molecular weight excluding hydrogens is 420 g/mol. The van der Waals surface area contributed by atoms with Gasteiger partial charge in [-0.05, 0) is 30.2 Å². The van der Waals surface area contributed by atoms with Crippen LogP contribution in [0.4, 0.5) is 0 Å². The Morgan fingerprint density at radius 2 is 1.41 bits per heavy atom. The molecule has 0 radical (unpaired) electrons. The van der Waals surface area contributed by atoms with Gasteiger partial charge >= 0.3 is 0 Å². The number of aromatic nitrogens is 2. The fourth-order valence-electron chi connectivity index (χ4n) is 4.89. The molecule has 0 saturated carbocycles. The van der Waals surface area contributed by atoms with Crippen LogP contribution < -0.4 is 4.74 Å². The fraction of sp³-hybridized carbons (Fsp3) is 0.276. The third kappa shape index (κ3) is 4.76. The standard InChI is InChI=1S/C29H32N4O/c1-22-26(31-29(30-22)25-15-9-10-16-27(25)34-2)21-32-17-19-33(20-18-32)28(23-11-5-3-6-12-23)24-13-7-4-8-14-24/h3-16,28H,17-21H2,1-2H3,(H,30,31). The van der Waals surface area contributed by atoms with Gasteiger partial charge in [-0.3, -0.25) is 9.80 Å². The summed E-state index contributed by atoms with van der Waals surface area (Å²) in [5.41, 5.74) is 5.93. The largest absolute Gasteiger partial charge is 0.496 e. The van der Waals surface area contributed by atoms with Crippen LogP contribution in [0.1, 0.15) is 28.6 Å². The monoisotopic (exact) mass is 452 g/mol. The van der Waals surface area contributed by atoms with E-state index in [0.29, 0.717) is 0 Å². The zero-order chi connectivity index (χ0) is 23.3. The van der Waals surface area contributed by atoms with Gasteiger partial charge in [-0.15, -0.1) is 0 Å². The number of ether oxygens (including phenoxy) is 1. The molecule has 1 N–H and O–H groups in total. The Balaban J connectivity index is 1.29. The number of imidazole rings is 1. The number of aryl methyl sites for hydroxylation is 1. The summed E-state index contributed by atoms with van der Waals surface area (Å²) in [7, 11) is 1.70. The number of methoxy groups -OCH3 is 1. The third-order valence-corrected chi connectivity index (χ3v) is 6.72. The van der Waals surface area contributed by atoms with Crippen LogP contribution in [0.3, 0.4) is 0 Å².